The van der Waals surface area contributed by atoms with Crippen molar-refractivity contribution in [1.82, 2.24) is 9.55 Å². The van der Waals surface area contributed by atoms with Gasteiger partial charge in [0.15, 0.2) is 0 Å². The van der Waals surface area contributed by atoms with Crippen molar-refractivity contribution in [2.24, 2.45) is 11.8 Å². The van der Waals surface area contributed by atoms with Crippen molar-refractivity contribution >= 4 is 5.97 Å². The Hall–Kier alpha value is -2.02. The number of hydrogen-bond acceptors (Lipinski definition) is 4. The van der Waals surface area contributed by atoms with Gasteiger partial charge in [-0.2, -0.15) is 0 Å². The normalized spacial score (nSPS) is 21.6. The zero-order valence-corrected chi connectivity index (χ0v) is 16.1. The average Bonchev–Trinajstić information content (AvgIpc) is 2.89. The van der Waals surface area contributed by atoms with E-state index in [0.717, 1.165) is 31.6 Å². The molecule has 1 heterocycles. The number of aliphatic hydroxyl groups is 1. The second-order valence-corrected chi connectivity index (χ2v) is 7.71. The smallest absolute Gasteiger partial charge is 0.328 e. The number of hydrogen-bond donors (Lipinski definition) is 4. The Kier molecular flexibility index (Phi) is 8.16. The maximum atomic E-state index is 12.1. The molecule has 1 aliphatic rings. The van der Waals surface area contributed by atoms with Gasteiger partial charge in [0.2, 0.25) is 5.88 Å². The number of unbranched alkanes of at least 4 members (excludes halogenated alkanes) is 1. The molecule has 1 fully saturated rings. The van der Waals surface area contributed by atoms with Crippen LogP contribution < -0.4 is 5.69 Å². The van der Waals surface area contributed by atoms with Crippen LogP contribution in [0.2, 0.25) is 0 Å². The number of carboxylic acids is 1. The van der Waals surface area contributed by atoms with Gasteiger partial charge in [0.25, 0.3) is 0 Å². The molecule has 0 bridgehead atoms. The van der Waals surface area contributed by atoms with Gasteiger partial charge in [0, 0.05) is 19.4 Å². The van der Waals surface area contributed by atoms with Gasteiger partial charge in [-0.05, 0) is 43.9 Å². The Morgan fingerprint density at radius 3 is 2.67 bits per heavy atom. The van der Waals surface area contributed by atoms with E-state index in [0.29, 0.717) is 43.8 Å². The highest BCUT2D eigenvalue weighted by Gasteiger charge is 2.25. The van der Waals surface area contributed by atoms with E-state index in [1.54, 1.807) is 0 Å². The zero-order chi connectivity index (χ0) is 19.8. The van der Waals surface area contributed by atoms with Crippen molar-refractivity contribution < 1.29 is 20.1 Å². The Bertz CT molecular complexity index is 683. The quantitative estimate of drug-likeness (QED) is 0.368. The first kappa shape index (κ1) is 21.3. The van der Waals surface area contributed by atoms with Crippen molar-refractivity contribution in [3.63, 3.8) is 0 Å². The number of imidazole rings is 1. The molecule has 1 aromatic rings. The van der Waals surface area contributed by atoms with Crippen molar-refractivity contribution in [2.75, 3.05) is 0 Å². The molecule has 1 unspecified atom stereocenters. The Labute approximate surface area is 159 Å². The maximum absolute atomic E-state index is 12.1. The van der Waals surface area contributed by atoms with Gasteiger partial charge >= 0.3 is 11.7 Å². The summed E-state index contributed by atoms with van der Waals surface area (Å²) in [6, 6.07) is 0. The fourth-order valence-corrected chi connectivity index (χ4v) is 3.79. The van der Waals surface area contributed by atoms with Gasteiger partial charge < -0.3 is 15.3 Å². The van der Waals surface area contributed by atoms with Crippen LogP contribution >= 0.6 is 0 Å². The largest absolute Gasteiger partial charge is 0.493 e. The maximum Gasteiger partial charge on any atom is 0.328 e. The molecule has 0 amide bonds. The van der Waals surface area contributed by atoms with Crippen LogP contribution in [0.1, 0.15) is 64.0 Å². The number of allylic oxidation sites excluding steroid dienone is 2. The molecular weight excluding hydrogens is 348 g/mol. The molecule has 1 aromatic heterocycles. The second kappa shape index (κ2) is 10.3. The van der Waals surface area contributed by atoms with E-state index < -0.39 is 12.1 Å². The van der Waals surface area contributed by atoms with E-state index in [2.05, 4.69) is 11.9 Å². The highest BCUT2D eigenvalue weighted by molar-refractivity contribution is 5.66. The highest BCUT2D eigenvalue weighted by atomic mass is 16.4. The lowest BCUT2D eigenvalue weighted by molar-refractivity contribution is -0.137. The standard InChI is InChI=1S/C20H32N2O5/c1-14-8-10-15(11-9-14)17(23)12-13-22-16(19(26)21-20(22)27)6-4-2-3-5-7-18(24)25/h2,4,14-15,17,23,26H,3,5-13H2,1H3,(H,21,27)(H,24,25). The summed E-state index contributed by atoms with van der Waals surface area (Å²) >= 11 is 0. The van der Waals surface area contributed by atoms with E-state index in [1.807, 2.05) is 12.2 Å². The van der Waals surface area contributed by atoms with E-state index in [1.165, 1.54) is 4.57 Å². The van der Waals surface area contributed by atoms with E-state index >= 15 is 0 Å². The molecule has 0 radical (unpaired) electrons. The molecule has 1 atom stereocenters. The molecule has 27 heavy (non-hydrogen) atoms. The Balaban J connectivity index is 1.88. The van der Waals surface area contributed by atoms with Crippen LogP contribution in [-0.4, -0.2) is 36.9 Å². The molecule has 7 nitrogen and oxygen atoms in total. The molecule has 1 aliphatic carbocycles. The number of nitrogens with one attached hydrogen (secondary N) is 1. The first-order chi connectivity index (χ1) is 12.9. The lowest BCUT2D eigenvalue weighted by atomic mass is 9.79. The fourth-order valence-electron chi connectivity index (χ4n) is 3.79. The van der Waals surface area contributed by atoms with Crippen LogP contribution in [0.4, 0.5) is 0 Å². The monoisotopic (exact) mass is 380 g/mol. The van der Waals surface area contributed by atoms with Crippen LogP contribution in [0.5, 0.6) is 5.88 Å². The molecule has 7 heteroatoms. The van der Waals surface area contributed by atoms with Crippen LogP contribution in [0.25, 0.3) is 0 Å². The number of aromatic amines is 1. The molecule has 2 rings (SSSR count). The van der Waals surface area contributed by atoms with E-state index in [9.17, 15) is 19.8 Å². The minimum Gasteiger partial charge on any atom is -0.493 e. The van der Waals surface area contributed by atoms with Gasteiger partial charge in [-0.3, -0.25) is 14.3 Å². The van der Waals surface area contributed by atoms with Crippen LogP contribution in [0, 0.1) is 11.8 Å². The molecule has 152 valence electrons. The minimum absolute atomic E-state index is 0.127. The number of nitrogens with zero attached hydrogens (tertiary/aromatic N) is 1. The highest BCUT2D eigenvalue weighted by Crippen LogP contribution is 2.31. The molecule has 0 saturated heterocycles. The summed E-state index contributed by atoms with van der Waals surface area (Å²) in [6.07, 6.45) is 9.81. The zero-order valence-electron chi connectivity index (χ0n) is 16.1. The molecule has 0 spiro atoms. The molecular formula is C20H32N2O5. The number of aliphatic hydroxyl groups excluding tert-OH is 1. The van der Waals surface area contributed by atoms with Crippen LogP contribution in [0.15, 0.2) is 16.9 Å². The topological polar surface area (TPSA) is 116 Å². The van der Waals surface area contributed by atoms with Gasteiger partial charge in [-0.25, -0.2) is 4.79 Å². The number of aromatic hydroxyl groups is 1. The average molecular weight is 380 g/mol. The third kappa shape index (κ3) is 6.57. The number of carbonyl (C=O) groups is 1. The van der Waals surface area contributed by atoms with Crippen molar-refractivity contribution in [2.45, 2.75) is 77.4 Å². The third-order valence-electron chi connectivity index (χ3n) is 5.56. The fraction of sp³-hybridized carbons (Fsp3) is 0.700. The Morgan fingerprint density at radius 1 is 1.30 bits per heavy atom. The summed E-state index contributed by atoms with van der Waals surface area (Å²) in [5.41, 5.74) is 0.130. The first-order valence-electron chi connectivity index (χ1n) is 9.94. The molecule has 4 N–H and O–H groups in total. The Morgan fingerprint density at radius 2 is 2.00 bits per heavy atom. The third-order valence-corrected chi connectivity index (χ3v) is 5.56. The number of aromatic nitrogens is 2. The molecule has 1 saturated carbocycles. The van der Waals surface area contributed by atoms with Crippen molar-refractivity contribution in [3.8, 4) is 5.88 Å². The lowest BCUT2D eigenvalue weighted by Gasteiger charge is -2.29. The van der Waals surface area contributed by atoms with Crippen molar-refractivity contribution in [3.05, 3.63) is 28.3 Å². The minimum atomic E-state index is -0.813. The predicted octanol–water partition coefficient (Wildman–Crippen LogP) is 2.81. The summed E-state index contributed by atoms with van der Waals surface area (Å²) in [7, 11) is 0. The summed E-state index contributed by atoms with van der Waals surface area (Å²) in [5.74, 6) is 0.0660. The summed E-state index contributed by atoms with van der Waals surface area (Å²) in [5, 5.41) is 29.1. The number of rotatable bonds is 10. The number of aliphatic carboxylic acids is 1. The molecule has 0 aromatic carbocycles. The van der Waals surface area contributed by atoms with Gasteiger partial charge in [-0.1, -0.05) is 31.9 Å². The summed E-state index contributed by atoms with van der Waals surface area (Å²) < 4.78 is 1.49. The van der Waals surface area contributed by atoms with Crippen LogP contribution in [0.3, 0.4) is 0 Å². The van der Waals surface area contributed by atoms with Crippen molar-refractivity contribution in [1.29, 1.82) is 0 Å². The van der Waals surface area contributed by atoms with Gasteiger partial charge in [0.1, 0.15) is 0 Å². The number of carboxylic acid groups (broad SMARTS) is 1. The first-order valence-corrected chi connectivity index (χ1v) is 9.94. The van der Waals surface area contributed by atoms with E-state index in [4.69, 9.17) is 5.11 Å². The molecule has 0 aliphatic heterocycles. The predicted molar refractivity (Wildman–Crippen MR) is 103 cm³/mol. The lowest BCUT2D eigenvalue weighted by Crippen LogP contribution is -2.28. The van der Waals surface area contributed by atoms with Gasteiger partial charge in [-0.15, -0.1) is 0 Å². The van der Waals surface area contributed by atoms with Crippen LogP contribution in [-0.2, 0) is 17.8 Å². The summed E-state index contributed by atoms with van der Waals surface area (Å²) in [6.45, 7) is 2.61. The number of H-pyrrole nitrogens is 1. The SMILES string of the molecule is CC1CCC(C(O)CCn2c(CC=CCCCC(=O)O)c(O)[nH]c2=O)CC1. The second-order valence-electron chi connectivity index (χ2n) is 7.71. The van der Waals surface area contributed by atoms with E-state index in [-0.39, 0.29) is 18.0 Å². The summed E-state index contributed by atoms with van der Waals surface area (Å²) in [4.78, 5) is 25.0. The van der Waals surface area contributed by atoms with Gasteiger partial charge in [0.05, 0.1) is 11.8 Å².